The van der Waals surface area contributed by atoms with E-state index in [0.717, 1.165) is 40.8 Å². The van der Waals surface area contributed by atoms with Crippen molar-refractivity contribution in [1.29, 1.82) is 0 Å². The molecule has 2 aromatic carbocycles. The molecular weight excluding hydrogens is 325 g/mol. The highest BCUT2D eigenvalue weighted by molar-refractivity contribution is 5.82. The van der Waals surface area contributed by atoms with Crippen LogP contribution in [0, 0.1) is 5.82 Å². The van der Waals surface area contributed by atoms with Crippen molar-refractivity contribution < 1.29 is 8.81 Å². The van der Waals surface area contributed by atoms with Gasteiger partial charge in [0.2, 0.25) is 0 Å². The minimum absolute atomic E-state index is 0.210. The minimum atomic E-state index is -0.210. The van der Waals surface area contributed by atoms with Gasteiger partial charge in [0.25, 0.3) is 0 Å². The Kier molecular flexibility index (Phi) is 4.89. The first kappa shape index (κ1) is 17.0. The summed E-state index contributed by atoms with van der Waals surface area (Å²) < 4.78 is 19.0. The second-order valence-electron chi connectivity index (χ2n) is 7.17. The van der Waals surface area contributed by atoms with Gasteiger partial charge in [-0.1, -0.05) is 30.4 Å². The Hall–Kier alpha value is -2.39. The Labute approximate surface area is 153 Å². The molecule has 134 valence electrons. The van der Waals surface area contributed by atoms with Crippen LogP contribution in [-0.4, -0.2) is 24.0 Å². The lowest BCUT2D eigenvalue weighted by Crippen LogP contribution is -2.28. The summed E-state index contributed by atoms with van der Waals surface area (Å²) in [7, 11) is 0. The fraction of sp³-hybridized carbons (Fsp3) is 0.304. The highest BCUT2D eigenvalue weighted by Crippen LogP contribution is 2.23. The molecule has 0 aliphatic carbocycles. The molecule has 1 fully saturated rings. The van der Waals surface area contributed by atoms with E-state index >= 15 is 0 Å². The van der Waals surface area contributed by atoms with Gasteiger partial charge in [-0.15, -0.1) is 0 Å². The molecule has 0 amide bonds. The minimum Gasteiger partial charge on any atom is -0.461 e. The standard InChI is InChI=1S/C23H24FNO/c1-17-3-2-13-25(17)14-12-22-16-20-15-19(8-11-23(20)26-22)5-4-18-6-9-21(24)10-7-18/h4-11,15-17H,2-3,12-14H2,1H3/t17-/m1/s1. The van der Waals surface area contributed by atoms with E-state index in [1.807, 2.05) is 18.2 Å². The SMILES string of the molecule is C[C@@H]1CCCN1CCc1cc2cc(C=Cc3ccc(F)cc3)ccc2o1. The summed E-state index contributed by atoms with van der Waals surface area (Å²) in [6.07, 6.45) is 7.62. The monoisotopic (exact) mass is 349 g/mol. The van der Waals surface area contributed by atoms with Gasteiger partial charge in [0.05, 0.1) is 0 Å². The molecule has 2 nitrogen and oxygen atoms in total. The Morgan fingerprint density at radius 3 is 2.62 bits per heavy atom. The number of benzene rings is 2. The van der Waals surface area contributed by atoms with Crippen LogP contribution in [0.1, 0.15) is 36.7 Å². The van der Waals surface area contributed by atoms with Crippen molar-refractivity contribution in [2.75, 3.05) is 13.1 Å². The molecule has 1 aromatic heterocycles. The molecular formula is C23H24FNO. The van der Waals surface area contributed by atoms with Crippen LogP contribution in [0.3, 0.4) is 0 Å². The lowest BCUT2D eigenvalue weighted by atomic mass is 10.1. The van der Waals surface area contributed by atoms with E-state index in [1.54, 1.807) is 12.1 Å². The van der Waals surface area contributed by atoms with Crippen LogP contribution in [0.15, 0.2) is 52.9 Å². The van der Waals surface area contributed by atoms with Crippen LogP contribution >= 0.6 is 0 Å². The highest BCUT2D eigenvalue weighted by atomic mass is 19.1. The maximum absolute atomic E-state index is 13.0. The molecule has 4 rings (SSSR count). The Morgan fingerprint density at radius 2 is 1.85 bits per heavy atom. The summed E-state index contributed by atoms with van der Waals surface area (Å²) >= 11 is 0. The van der Waals surface area contributed by atoms with E-state index < -0.39 is 0 Å². The van der Waals surface area contributed by atoms with Crippen molar-refractivity contribution in [3.05, 3.63) is 71.2 Å². The van der Waals surface area contributed by atoms with Gasteiger partial charge in [0.15, 0.2) is 0 Å². The zero-order chi connectivity index (χ0) is 17.9. The number of halogens is 1. The van der Waals surface area contributed by atoms with Gasteiger partial charge in [-0.25, -0.2) is 4.39 Å². The number of rotatable bonds is 5. The summed E-state index contributed by atoms with van der Waals surface area (Å²) in [6, 6.07) is 15.6. The maximum Gasteiger partial charge on any atom is 0.134 e. The Morgan fingerprint density at radius 1 is 1.08 bits per heavy atom. The molecule has 1 atom stereocenters. The zero-order valence-corrected chi connectivity index (χ0v) is 15.1. The van der Waals surface area contributed by atoms with Gasteiger partial charge in [-0.2, -0.15) is 0 Å². The molecule has 0 N–H and O–H groups in total. The first-order valence-electron chi connectivity index (χ1n) is 9.37. The molecule has 0 bridgehead atoms. The molecule has 0 spiro atoms. The largest absolute Gasteiger partial charge is 0.461 e. The fourth-order valence-corrected chi connectivity index (χ4v) is 3.69. The van der Waals surface area contributed by atoms with E-state index in [9.17, 15) is 4.39 Å². The average molecular weight is 349 g/mol. The normalized spacial score (nSPS) is 18.3. The quantitative estimate of drug-likeness (QED) is 0.544. The second kappa shape index (κ2) is 7.46. The van der Waals surface area contributed by atoms with Crippen LogP contribution < -0.4 is 0 Å². The number of nitrogens with zero attached hydrogens (tertiary/aromatic N) is 1. The van der Waals surface area contributed by atoms with Crippen molar-refractivity contribution in [3.63, 3.8) is 0 Å². The summed E-state index contributed by atoms with van der Waals surface area (Å²) in [5.74, 6) is 0.844. The van der Waals surface area contributed by atoms with Crippen molar-refractivity contribution in [2.24, 2.45) is 0 Å². The van der Waals surface area contributed by atoms with Gasteiger partial charge < -0.3 is 9.32 Å². The molecule has 0 saturated carbocycles. The van der Waals surface area contributed by atoms with Gasteiger partial charge in [-0.05, 0) is 67.8 Å². The predicted octanol–water partition coefficient (Wildman–Crippen LogP) is 5.77. The van der Waals surface area contributed by atoms with Crippen molar-refractivity contribution in [1.82, 2.24) is 4.90 Å². The van der Waals surface area contributed by atoms with Gasteiger partial charge in [0, 0.05) is 24.4 Å². The lowest BCUT2D eigenvalue weighted by molar-refractivity contribution is 0.266. The molecule has 2 heterocycles. The lowest BCUT2D eigenvalue weighted by Gasteiger charge is -2.19. The third-order valence-electron chi connectivity index (χ3n) is 5.27. The molecule has 1 aliphatic heterocycles. The Balaban J connectivity index is 1.46. The molecule has 0 radical (unpaired) electrons. The van der Waals surface area contributed by atoms with Crippen LogP contribution in [0.5, 0.6) is 0 Å². The molecule has 3 heteroatoms. The summed E-state index contributed by atoms with van der Waals surface area (Å²) in [5.41, 5.74) is 3.04. The van der Waals surface area contributed by atoms with E-state index in [1.165, 1.54) is 31.5 Å². The van der Waals surface area contributed by atoms with Crippen molar-refractivity contribution >= 4 is 23.1 Å². The number of fused-ring (bicyclic) bond motifs is 1. The first-order valence-corrected chi connectivity index (χ1v) is 9.37. The van der Waals surface area contributed by atoms with Gasteiger partial charge in [-0.3, -0.25) is 0 Å². The summed E-state index contributed by atoms with van der Waals surface area (Å²) in [4.78, 5) is 2.55. The highest BCUT2D eigenvalue weighted by Gasteiger charge is 2.19. The Bertz CT molecular complexity index is 910. The summed E-state index contributed by atoms with van der Waals surface area (Å²) in [5, 5.41) is 1.13. The third-order valence-corrected chi connectivity index (χ3v) is 5.27. The average Bonchev–Trinajstić information content (AvgIpc) is 3.24. The van der Waals surface area contributed by atoms with E-state index in [2.05, 4.69) is 30.0 Å². The van der Waals surface area contributed by atoms with Crippen molar-refractivity contribution in [2.45, 2.75) is 32.2 Å². The number of hydrogen-bond donors (Lipinski definition) is 0. The van der Waals surface area contributed by atoms with E-state index in [-0.39, 0.29) is 5.82 Å². The van der Waals surface area contributed by atoms with Crippen LogP contribution in [-0.2, 0) is 6.42 Å². The molecule has 1 saturated heterocycles. The van der Waals surface area contributed by atoms with Crippen LogP contribution in [0.4, 0.5) is 4.39 Å². The molecule has 1 aliphatic rings. The van der Waals surface area contributed by atoms with E-state index in [0.29, 0.717) is 6.04 Å². The second-order valence-corrected chi connectivity index (χ2v) is 7.17. The van der Waals surface area contributed by atoms with Crippen LogP contribution in [0.2, 0.25) is 0 Å². The molecule has 0 unspecified atom stereocenters. The predicted molar refractivity (Wildman–Crippen MR) is 106 cm³/mol. The van der Waals surface area contributed by atoms with Crippen molar-refractivity contribution in [3.8, 4) is 0 Å². The fourth-order valence-electron chi connectivity index (χ4n) is 3.69. The first-order chi connectivity index (χ1) is 12.7. The molecule has 26 heavy (non-hydrogen) atoms. The van der Waals surface area contributed by atoms with Gasteiger partial charge in [0.1, 0.15) is 17.2 Å². The number of likely N-dealkylation sites (tertiary alicyclic amines) is 1. The molecule has 3 aromatic rings. The zero-order valence-electron chi connectivity index (χ0n) is 15.1. The number of furan rings is 1. The maximum atomic E-state index is 13.0. The third kappa shape index (κ3) is 3.88. The van der Waals surface area contributed by atoms with E-state index in [4.69, 9.17) is 4.42 Å². The van der Waals surface area contributed by atoms with Crippen LogP contribution in [0.25, 0.3) is 23.1 Å². The smallest absolute Gasteiger partial charge is 0.134 e. The topological polar surface area (TPSA) is 16.4 Å². The summed E-state index contributed by atoms with van der Waals surface area (Å²) in [6.45, 7) is 4.59. The number of hydrogen-bond acceptors (Lipinski definition) is 2. The van der Waals surface area contributed by atoms with Gasteiger partial charge >= 0.3 is 0 Å².